The van der Waals surface area contributed by atoms with Gasteiger partial charge in [0.2, 0.25) is 0 Å². The molecule has 1 fully saturated rings. The summed E-state index contributed by atoms with van der Waals surface area (Å²) in [4.78, 5) is 12.3. The van der Waals surface area contributed by atoms with Crippen LogP contribution < -0.4 is 4.90 Å². The number of hydrogen-bond acceptors (Lipinski definition) is 3. The second-order valence-corrected chi connectivity index (χ2v) is 15.2. The third-order valence-corrected chi connectivity index (χ3v) is 12.5. The van der Waals surface area contributed by atoms with E-state index in [9.17, 15) is 0 Å². The van der Waals surface area contributed by atoms with Crippen LogP contribution in [0, 0.1) is 0 Å². The third-order valence-electron chi connectivity index (χ3n) is 12.5. The van der Waals surface area contributed by atoms with Crippen LogP contribution in [0.5, 0.6) is 0 Å². The van der Waals surface area contributed by atoms with Crippen LogP contribution >= 0.6 is 0 Å². The van der Waals surface area contributed by atoms with Crippen molar-refractivity contribution < 1.29 is 0 Å². The van der Waals surface area contributed by atoms with Gasteiger partial charge in [-0.1, -0.05) is 124 Å². The van der Waals surface area contributed by atoms with E-state index in [-0.39, 0.29) is 10.8 Å². The van der Waals surface area contributed by atoms with E-state index in [1.165, 1.54) is 104 Å². The molecule has 4 aliphatic carbocycles. The summed E-state index contributed by atoms with van der Waals surface area (Å²) in [5, 5.41) is 2.46. The van der Waals surface area contributed by atoms with Crippen molar-refractivity contribution in [3.63, 3.8) is 0 Å². The number of benzene rings is 6. The maximum Gasteiger partial charge on any atom is 0.0971 e. The predicted octanol–water partition coefficient (Wildman–Crippen LogP) is 12.3. The first kappa shape index (κ1) is 28.3. The summed E-state index contributed by atoms with van der Waals surface area (Å²) in [7, 11) is 0. The van der Waals surface area contributed by atoms with Crippen molar-refractivity contribution in [1.82, 2.24) is 9.97 Å². The lowest BCUT2D eigenvalue weighted by Crippen LogP contribution is -2.28. The average molecular weight is 644 g/mol. The van der Waals surface area contributed by atoms with Gasteiger partial charge >= 0.3 is 0 Å². The fourth-order valence-electron chi connectivity index (χ4n) is 10.4. The molecule has 7 aromatic rings. The van der Waals surface area contributed by atoms with Crippen molar-refractivity contribution in [2.75, 3.05) is 4.90 Å². The van der Waals surface area contributed by atoms with Crippen LogP contribution in [-0.2, 0) is 10.8 Å². The minimum Gasteiger partial charge on any atom is -0.309 e. The first-order valence-corrected chi connectivity index (χ1v) is 18.2. The van der Waals surface area contributed by atoms with Crippen LogP contribution in [0.1, 0.15) is 68.2 Å². The number of hydrogen-bond donors (Lipinski definition) is 0. The monoisotopic (exact) mass is 643 g/mol. The molecule has 0 bridgehead atoms. The van der Waals surface area contributed by atoms with Crippen LogP contribution in [0.2, 0.25) is 0 Å². The van der Waals surface area contributed by atoms with Gasteiger partial charge in [0, 0.05) is 56.2 Å². The van der Waals surface area contributed by atoms with Crippen molar-refractivity contribution in [3.05, 3.63) is 150 Å². The molecule has 6 aromatic carbocycles. The summed E-state index contributed by atoms with van der Waals surface area (Å²) in [6.07, 6.45) is 9.92. The lowest BCUT2D eigenvalue weighted by Gasteiger charge is -2.36. The Morgan fingerprint density at radius 1 is 0.480 bits per heavy atom. The maximum absolute atomic E-state index is 4.82. The highest BCUT2D eigenvalue weighted by Gasteiger charge is 2.46. The van der Waals surface area contributed by atoms with E-state index in [4.69, 9.17) is 9.97 Å². The molecule has 1 saturated carbocycles. The van der Waals surface area contributed by atoms with Crippen LogP contribution in [0.4, 0.5) is 17.1 Å². The number of fused-ring (bicyclic) bond motifs is 11. The van der Waals surface area contributed by atoms with Gasteiger partial charge in [-0.15, -0.1) is 0 Å². The predicted molar refractivity (Wildman–Crippen MR) is 206 cm³/mol. The fraction of sp³-hybridized carbons (Fsp3) is 0.191. The highest BCUT2D eigenvalue weighted by Crippen LogP contribution is 2.61. The lowest BCUT2D eigenvalue weighted by atomic mass is 9.68. The maximum atomic E-state index is 4.82. The highest BCUT2D eigenvalue weighted by molar-refractivity contribution is 6.18. The van der Waals surface area contributed by atoms with Crippen molar-refractivity contribution in [2.24, 2.45) is 0 Å². The molecule has 3 heteroatoms. The van der Waals surface area contributed by atoms with E-state index < -0.39 is 0 Å². The van der Waals surface area contributed by atoms with E-state index >= 15 is 0 Å². The molecule has 0 aliphatic heterocycles. The molecule has 0 amide bonds. The molecule has 0 N–H and O–H groups in total. The normalized spacial score (nSPS) is 16.5. The third kappa shape index (κ3) is 3.50. The van der Waals surface area contributed by atoms with Crippen LogP contribution in [0.3, 0.4) is 0 Å². The Morgan fingerprint density at radius 2 is 1.04 bits per heavy atom. The van der Waals surface area contributed by atoms with Gasteiger partial charge in [-0.3, -0.25) is 9.97 Å². The molecule has 1 spiro atoms. The van der Waals surface area contributed by atoms with Crippen molar-refractivity contribution in [2.45, 2.75) is 56.8 Å². The van der Waals surface area contributed by atoms with Crippen LogP contribution in [-0.4, -0.2) is 9.97 Å². The molecule has 4 aliphatic rings. The van der Waals surface area contributed by atoms with E-state index in [0.29, 0.717) is 0 Å². The van der Waals surface area contributed by atoms with Gasteiger partial charge in [0.15, 0.2) is 0 Å². The Morgan fingerprint density at radius 3 is 1.78 bits per heavy atom. The van der Waals surface area contributed by atoms with Crippen molar-refractivity contribution in [3.8, 4) is 44.8 Å². The summed E-state index contributed by atoms with van der Waals surface area (Å²) in [6, 6.07) is 43.8. The Labute approximate surface area is 293 Å². The van der Waals surface area contributed by atoms with Gasteiger partial charge in [-0.05, 0) is 70.5 Å². The van der Waals surface area contributed by atoms with Gasteiger partial charge in [-0.2, -0.15) is 0 Å². The summed E-state index contributed by atoms with van der Waals surface area (Å²) in [6.45, 7) is 4.76. The van der Waals surface area contributed by atoms with E-state index in [0.717, 1.165) is 22.5 Å². The highest BCUT2D eigenvalue weighted by atomic mass is 15.2. The van der Waals surface area contributed by atoms with Gasteiger partial charge in [-0.25, -0.2) is 0 Å². The Hall–Kier alpha value is -5.54. The zero-order valence-electron chi connectivity index (χ0n) is 28.5. The first-order valence-electron chi connectivity index (χ1n) is 18.2. The largest absolute Gasteiger partial charge is 0.309 e. The quantitative estimate of drug-likeness (QED) is 0.192. The van der Waals surface area contributed by atoms with Crippen LogP contribution in [0.15, 0.2) is 128 Å². The summed E-state index contributed by atoms with van der Waals surface area (Å²) < 4.78 is 0. The standard InChI is InChI=1S/C47H37N3/c1-46(2)34-17-6-4-13-29(34)42-36(46)19-11-21-39(42)50(38-24-23-33-41-31(38)15-10-16-32(41)44-45(33)49-28-27-48-44)40-22-12-20-37-43(40)30-14-5-7-18-35(30)47(37)25-8-3-9-26-47/h4-7,10-24,27-28H,3,8-9,25-26H2,1-2H3. The Bertz CT molecular complexity index is 2540. The summed E-state index contributed by atoms with van der Waals surface area (Å²) in [5.74, 6) is 0. The minimum atomic E-state index is -0.105. The van der Waals surface area contributed by atoms with E-state index in [1.807, 2.05) is 12.4 Å². The molecule has 1 aromatic heterocycles. The molecule has 0 saturated heterocycles. The molecule has 240 valence electrons. The van der Waals surface area contributed by atoms with Gasteiger partial charge in [0.05, 0.1) is 28.5 Å². The lowest BCUT2D eigenvalue weighted by molar-refractivity contribution is 0.353. The topological polar surface area (TPSA) is 29.0 Å². The van der Waals surface area contributed by atoms with Crippen LogP contribution in [0.25, 0.3) is 55.5 Å². The molecule has 11 rings (SSSR count). The summed E-state index contributed by atoms with van der Waals surface area (Å²) in [5.41, 5.74) is 19.1. The molecule has 0 unspecified atom stereocenters. The Balaban J connectivity index is 1.26. The van der Waals surface area contributed by atoms with Crippen molar-refractivity contribution >= 4 is 27.8 Å². The van der Waals surface area contributed by atoms with Gasteiger partial charge in [0.25, 0.3) is 0 Å². The molecule has 50 heavy (non-hydrogen) atoms. The number of rotatable bonds is 3. The Kier molecular flexibility index (Phi) is 5.67. The second kappa shape index (κ2) is 10.0. The SMILES string of the molecule is CC1(C)c2ccccc2-c2c(N(c3cccc4c3-c3ccccc3C43CCCCC3)c3ccc4c5c(cccc35)-c3nccnc3-4)cccc21. The molecule has 1 heterocycles. The first-order chi connectivity index (χ1) is 24.6. The smallest absolute Gasteiger partial charge is 0.0971 e. The number of aromatic nitrogens is 2. The average Bonchev–Trinajstić information content (AvgIpc) is 3.73. The van der Waals surface area contributed by atoms with E-state index in [2.05, 4.69) is 134 Å². The zero-order chi connectivity index (χ0) is 33.2. The van der Waals surface area contributed by atoms with Crippen molar-refractivity contribution in [1.29, 1.82) is 0 Å². The molecule has 0 atom stereocenters. The number of anilines is 3. The molecular weight excluding hydrogens is 607 g/mol. The molecular formula is C47H37N3. The van der Waals surface area contributed by atoms with Gasteiger partial charge in [0.1, 0.15) is 0 Å². The minimum absolute atomic E-state index is 0.0695. The number of nitrogens with zero attached hydrogens (tertiary/aromatic N) is 3. The van der Waals surface area contributed by atoms with E-state index in [1.54, 1.807) is 0 Å². The summed E-state index contributed by atoms with van der Waals surface area (Å²) >= 11 is 0. The zero-order valence-corrected chi connectivity index (χ0v) is 28.5. The second-order valence-electron chi connectivity index (χ2n) is 15.2. The molecule has 0 radical (unpaired) electrons. The fourth-order valence-corrected chi connectivity index (χ4v) is 10.4. The van der Waals surface area contributed by atoms with Gasteiger partial charge < -0.3 is 4.90 Å². The molecule has 3 nitrogen and oxygen atoms in total.